The molecule has 0 unspecified atom stereocenters. The number of carbonyl (C=O) groups is 1. The van der Waals surface area contributed by atoms with E-state index in [4.69, 9.17) is 4.74 Å². The highest BCUT2D eigenvalue weighted by Crippen LogP contribution is 2.00. The van der Waals surface area contributed by atoms with Gasteiger partial charge in [0.1, 0.15) is 0 Å². The maximum atomic E-state index is 11.6. The van der Waals surface area contributed by atoms with Crippen molar-refractivity contribution in [2.45, 2.75) is 26.7 Å². The van der Waals surface area contributed by atoms with Crippen LogP contribution >= 0.6 is 0 Å². The van der Waals surface area contributed by atoms with Gasteiger partial charge in [0.15, 0.2) is 5.69 Å². The molecule has 1 aromatic heterocycles. The number of H-pyrrole nitrogens is 1. The number of carbonyl (C=O) groups excluding carboxylic acids is 1. The Hall–Kier alpha value is -1.85. The van der Waals surface area contributed by atoms with Gasteiger partial charge in [-0.05, 0) is 13.3 Å². The van der Waals surface area contributed by atoms with Gasteiger partial charge in [0, 0.05) is 12.1 Å². The zero-order valence-corrected chi connectivity index (χ0v) is 9.70. The van der Waals surface area contributed by atoms with E-state index in [2.05, 4.69) is 20.5 Å². The first-order chi connectivity index (χ1) is 7.69. The molecule has 0 radical (unpaired) electrons. The molecule has 16 heavy (non-hydrogen) atoms. The van der Waals surface area contributed by atoms with Crippen molar-refractivity contribution in [2.75, 3.05) is 7.11 Å². The number of nitrogens with one attached hydrogen (secondary N) is 2. The molecule has 0 fully saturated rings. The Morgan fingerprint density at radius 2 is 2.44 bits per heavy atom. The van der Waals surface area contributed by atoms with E-state index in [0.29, 0.717) is 23.7 Å². The topological polar surface area (TPSA) is 79.4 Å². The third kappa shape index (κ3) is 3.08. The van der Waals surface area contributed by atoms with E-state index in [9.17, 15) is 4.79 Å². The van der Waals surface area contributed by atoms with Crippen molar-refractivity contribution in [2.24, 2.45) is 5.10 Å². The third-order valence-corrected chi connectivity index (χ3v) is 2.03. The fourth-order valence-electron chi connectivity index (χ4n) is 1.17. The van der Waals surface area contributed by atoms with Gasteiger partial charge in [-0.3, -0.25) is 4.79 Å². The van der Waals surface area contributed by atoms with Crippen LogP contribution in [0.4, 0.5) is 0 Å². The summed E-state index contributed by atoms with van der Waals surface area (Å²) in [5, 5.41) is 3.87. The van der Waals surface area contributed by atoms with Crippen LogP contribution in [0.15, 0.2) is 11.4 Å². The molecule has 0 saturated heterocycles. The molecule has 1 aromatic rings. The highest BCUT2D eigenvalue weighted by molar-refractivity contribution is 5.93. The number of hydrogen-bond donors (Lipinski definition) is 2. The van der Waals surface area contributed by atoms with E-state index in [1.54, 1.807) is 6.92 Å². The number of nitrogens with zero attached hydrogens (tertiary/aromatic N) is 2. The number of hydrogen-bond acceptors (Lipinski definition) is 4. The molecule has 6 nitrogen and oxygen atoms in total. The number of aromatic nitrogens is 2. The summed E-state index contributed by atoms with van der Waals surface area (Å²) in [6.07, 6.45) is 3.07. The molecule has 88 valence electrons. The Kier molecular flexibility index (Phi) is 4.50. The number of aromatic amines is 1. The Bertz CT molecular complexity index is 384. The van der Waals surface area contributed by atoms with E-state index >= 15 is 0 Å². The van der Waals surface area contributed by atoms with Gasteiger partial charge < -0.3 is 9.72 Å². The van der Waals surface area contributed by atoms with Gasteiger partial charge >= 0.3 is 0 Å². The van der Waals surface area contributed by atoms with E-state index in [1.165, 1.54) is 13.4 Å². The average molecular weight is 224 g/mol. The normalized spacial score (nSPS) is 11.3. The molecule has 0 aliphatic carbocycles. The van der Waals surface area contributed by atoms with Crippen molar-refractivity contribution in [1.29, 1.82) is 0 Å². The molecule has 0 spiro atoms. The predicted molar refractivity (Wildman–Crippen MR) is 60.1 cm³/mol. The first kappa shape index (κ1) is 12.2. The van der Waals surface area contributed by atoms with Crippen LogP contribution in [0.3, 0.4) is 0 Å². The van der Waals surface area contributed by atoms with Crippen molar-refractivity contribution >= 4 is 11.8 Å². The molecule has 0 aliphatic rings. The van der Waals surface area contributed by atoms with Crippen LogP contribution in [0, 0.1) is 6.92 Å². The van der Waals surface area contributed by atoms with Gasteiger partial charge in [-0.25, -0.2) is 10.4 Å². The lowest BCUT2D eigenvalue weighted by Gasteiger charge is -2.03. The Balaban J connectivity index is 2.61. The molecule has 0 aliphatic heterocycles. The minimum atomic E-state index is -0.343. The minimum Gasteiger partial charge on any atom is -0.483 e. The molecule has 1 amide bonds. The Morgan fingerprint density at radius 3 is 2.94 bits per heavy atom. The summed E-state index contributed by atoms with van der Waals surface area (Å²) in [5.41, 5.74) is 3.46. The van der Waals surface area contributed by atoms with Gasteiger partial charge in [0.25, 0.3) is 5.91 Å². The van der Waals surface area contributed by atoms with Crippen molar-refractivity contribution < 1.29 is 9.53 Å². The quantitative estimate of drug-likeness (QED) is 0.458. The lowest BCUT2D eigenvalue weighted by molar-refractivity contribution is 0.0948. The monoisotopic (exact) mass is 224 g/mol. The van der Waals surface area contributed by atoms with Gasteiger partial charge in [0.05, 0.1) is 13.4 Å². The number of ether oxygens (including phenoxy) is 1. The highest BCUT2D eigenvalue weighted by Gasteiger charge is 2.10. The first-order valence-corrected chi connectivity index (χ1v) is 5.09. The van der Waals surface area contributed by atoms with Crippen LogP contribution in [0.2, 0.25) is 0 Å². The standard InChI is InChI=1S/C10H16N4O2/c1-4-5-8(16-3)13-14-10(15)9-7(2)11-6-12-9/h6H,4-5H2,1-3H3,(H,11,12)(H,14,15). The van der Waals surface area contributed by atoms with E-state index < -0.39 is 0 Å². The lowest BCUT2D eigenvalue weighted by atomic mass is 10.3. The Labute approximate surface area is 94.1 Å². The second-order valence-corrected chi connectivity index (χ2v) is 3.28. The number of aryl methyl sites for hydroxylation is 1. The summed E-state index contributed by atoms with van der Waals surface area (Å²) < 4.78 is 5.00. The molecular weight excluding hydrogens is 208 g/mol. The molecule has 0 saturated carbocycles. The maximum absolute atomic E-state index is 11.6. The zero-order chi connectivity index (χ0) is 12.0. The van der Waals surface area contributed by atoms with Gasteiger partial charge in [-0.1, -0.05) is 6.92 Å². The van der Waals surface area contributed by atoms with Crippen molar-refractivity contribution in [3.05, 3.63) is 17.7 Å². The van der Waals surface area contributed by atoms with E-state index in [-0.39, 0.29) is 5.91 Å². The summed E-state index contributed by atoms with van der Waals surface area (Å²) in [7, 11) is 1.53. The second-order valence-electron chi connectivity index (χ2n) is 3.28. The average Bonchev–Trinajstić information content (AvgIpc) is 2.70. The molecule has 0 atom stereocenters. The summed E-state index contributed by atoms with van der Waals surface area (Å²) in [4.78, 5) is 18.3. The van der Waals surface area contributed by atoms with Crippen molar-refractivity contribution in [1.82, 2.24) is 15.4 Å². The van der Waals surface area contributed by atoms with Gasteiger partial charge in [-0.15, -0.1) is 5.10 Å². The SMILES string of the molecule is CCCC(=NNC(=O)c1nc[nH]c1C)OC. The fraction of sp³-hybridized carbons (Fsp3) is 0.500. The maximum Gasteiger partial charge on any atom is 0.291 e. The van der Waals surface area contributed by atoms with Crippen molar-refractivity contribution in [3.63, 3.8) is 0 Å². The molecule has 0 aromatic carbocycles. The molecule has 2 N–H and O–H groups in total. The number of rotatable bonds is 4. The predicted octanol–water partition coefficient (Wildman–Crippen LogP) is 1.21. The number of imidazole rings is 1. The number of hydrazone groups is 1. The summed E-state index contributed by atoms with van der Waals surface area (Å²) >= 11 is 0. The van der Waals surface area contributed by atoms with Crippen LogP contribution in [0.5, 0.6) is 0 Å². The highest BCUT2D eigenvalue weighted by atomic mass is 16.5. The van der Waals surface area contributed by atoms with E-state index in [0.717, 1.165) is 6.42 Å². The summed E-state index contributed by atoms with van der Waals surface area (Å²) in [5.74, 6) is 0.161. The van der Waals surface area contributed by atoms with Crippen LogP contribution in [0.1, 0.15) is 35.9 Å². The smallest absolute Gasteiger partial charge is 0.291 e. The Morgan fingerprint density at radius 1 is 1.69 bits per heavy atom. The molecular formula is C10H16N4O2. The summed E-state index contributed by atoms with van der Waals surface area (Å²) in [6, 6.07) is 0. The van der Waals surface area contributed by atoms with Gasteiger partial charge in [-0.2, -0.15) is 0 Å². The van der Waals surface area contributed by atoms with Crippen LogP contribution in [-0.4, -0.2) is 28.9 Å². The van der Waals surface area contributed by atoms with Crippen LogP contribution in [-0.2, 0) is 4.74 Å². The van der Waals surface area contributed by atoms with Crippen LogP contribution in [0.25, 0.3) is 0 Å². The third-order valence-electron chi connectivity index (χ3n) is 2.03. The fourth-order valence-corrected chi connectivity index (χ4v) is 1.17. The number of methoxy groups -OCH3 is 1. The van der Waals surface area contributed by atoms with Gasteiger partial charge in [0.2, 0.25) is 5.90 Å². The van der Waals surface area contributed by atoms with E-state index in [1.807, 2.05) is 6.92 Å². The molecule has 1 heterocycles. The number of amides is 1. The minimum absolute atomic E-state index is 0.343. The van der Waals surface area contributed by atoms with Crippen LogP contribution < -0.4 is 5.43 Å². The second kappa shape index (κ2) is 5.89. The zero-order valence-electron chi connectivity index (χ0n) is 9.70. The first-order valence-electron chi connectivity index (χ1n) is 5.09. The molecule has 1 rings (SSSR count). The largest absolute Gasteiger partial charge is 0.483 e. The molecule has 0 bridgehead atoms. The molecule has 6 heteroatoms. The lowest BCUT2D eigenvalue weighted by Crippen LogP contribution is -2.21. The summed E-state index contributed by atoms with van der Waals surface area (Å²) in [6.45, 7) is 3.78. The van der Waals surface area contributed by atoms with Crippen molar-refractivity contribution in [3.8, 4) is 0 Å².